The van der Waals surface area contributed by atoms with Crippen LogP contribution in [0, 0.1) is 11.8 Å². The van der Waals surface area contributed by atoms with Crippen molar-refractivity contribution in [1.29, 1.82) is 0 Å². The number of amides is 3. The van der Waals surface area contributed by atoms with Crippen LogP contribution in [0.3, 0.4) is 0 Å². The molecule has 3 amide bonds. The zero-order chi connectivity index (χ0) is 27.4. The highest BCUT2D eigenvalue weighted by Gasteiger charge is 2.33. The summed E-state index contributed by atoms with van der Waals surface area (Å²) in [5.74, 6) is -4.98. The van der Waals surface area contributed by atoms with Crippen molar-refractivity contribution in [3.8, 4) is 0 Å². The highest BCUT2D eigenvalue weighted by Crippen LogP contribution is 2.11. The smallest absolute Gasteiger partial charge is 0.326 e. The van der Waals surface area contributed by atoms with Gasteiger partial charge in [-0.3, -0.25) is 19.2 Å². The molecule has 0 aliphatic rings. The topological polar surface area (TPSA) is 188 Å². The van der Waals surface area contributed by atoms with Gasteiger partial charge >= 0.3 is 11.9 Å². The minimum absolute atomic E-state index is 0.0984. The van der Waals surface area contributed by atoms with Gasteiger partial charge in [-0.15, -0.1) is 0 Å². The van der Waals surface area contributed by atoms with Crippen molar-refractivity contribution in [2.45, 2.75) is 77.5 Å². The van der Waals surface area contributed by atoms with Gasteiger partial charge in [0.25, 0.3) is 0 Å². The molecule has 0 spiro atoms. The molecule has 5 atom stereocenters. The predicted molar refractivity (Wildman–Crippen MR) is 133 cm³/mol. The molecule has 0 radical (unpaired) electrons. The third-order valence-electron chi connectivity index (χ3n) is 5.95. The molecule has 0 aliphatic heterocycles. The highest BCUT2D eigenvalue weighted by atomic mass is 16.4. The van der Waals surface area contributed by atoms with Gasteiger partial charge in [-0.1, -0.05) is 64.4 Å². The van der Waals surface area contributed by atoms with E-state index in [2.05, 4.69) is 16.0 Å². The molecule has 7 N–H and O–H groups in total. The molecule has 11 heteroatoms. The third-order valence-corrected chi connectivity index (χ3v) is 5.95. The molecule has 11 nitrogen and oxygen atoms in total. The molecule has 1 aromatic rings. The van der Waals surface area contributed by atoms with Crippen LogP contribution in [0.2, 0.25) is 0 Å². The predicted octanol–water partition coefficient (Wildman–Crippen LogP) is 0.662. The van der Waals surface area contributed by atoms with Crippen molar-refractivity contribution in [2.75, 3.05) is 0 Å². The molecule has 5 unspecified atom stereocenters. The van der Waals surface area contributed by atoms with Crippen molar-refractivity contribution in [2.24, 2.45) is 17.6 Å². The summed E-state index contributed by atoms with van der Waals surface area (Å²) >= 11 is 0. The number of carbonyl (C=O) groups excluding carboxylic acids is 3. The quantitative estimate of drug-likeness (QED) is 0.200. The number of rotatable bonds is 15. The molecule has 0 heterocycles. The maximum Gasteiger partial charge on any atom is 0.326 e. The van der Waals surface area contributed by atoms with Gasteiger partial charge in [0, 0.05) is 12.8 Å². The Morgan fingerprint density at radius 3 is 1.94 bits per heavy atom. The standard InChI is InChI=1S/C25H38N4O7/c1-5-15(4)21(25(35)36)29-23(33)18(13-16-9-7-6-8-10-16)27-24(34)20(14(2)3)28-22(32)17(26)11-12-19(30)31/h6-10,14-15,17-18,20-21H,5,11-13,26H2,1-4H3,(H,27,34)(H,28,32)(H,29,33)(H,30,31)(H,35,36). The van der Waals surface area contributed by atoms with Gasteiger partial charge < -0.3 is 31.9 Å². The number of benzene rings is 1. The second kappa shape index (κ2) is 14.8. The van der Waals surface area contributed by atoms with Crippen molar-refractivity contribution in [3.05, 3.63) is 35.9 Å². The summed E-state index contributed by atoms with van der Waals surface area (Å²) in [6, 6.07) is 4.50. The Balaban J connectivity index is 3.08. The first-order valence-corrected chi connectivity index (χ1v) is 12.0. The second-order valence-corrected chi connectivity index (χ2v) is 9.23. The lowest BCUT2D eigenvalue weighted by molar-refractivity contribution is -0.144. The van der Waals surface area contributed by atoms with Gasteiger partial charge in [0.15, 0.2) is 0 Å². The Morgan fingerprint density at radius 1 is 0.861 bits per heavy atom. The molecule has 0 aliphatic carbocycles. The van der Waals surface area contributed by atoms with Gasteiger partial charge in [-0.2, -0.15) is 0 Å². The lowest BCUT2D eigenvalue weighted by Gasteiger charge is -2.28. The van der Waals surface area contributed by atoms with E-state index in [0.717, 1.165) is 5.56 Å². The van der Waals surface area contributed by atoms with Gasteiger partial charge in [0.1, 0.15) is 18.1 Å². The highest BCUT2D eigenvalue weighted by molar-refractivity contribution is 5.94. The SMILES string of the molecule is CCC(C)C(NC(=O)C(Cc1ccccc1)NC(=O)C(NC(=O)C(N)CCC(=O)O)C(C)C)C(=O)O. The molecule has 0 saturated carbocycles. The van der Waals surface area contributed by atoms with Crippen molar-refractivity contribution in [1.82, 2.24) is 16.0 Å². The molecule has 200 valence electrons. The van der Waals surface area contributed by atoms with Crippen LogP contribution in [0.1, 0.15) is 52.5 Å². The monoisotopic (exact) mass is 506 g/mol. The normalized spacial score (nSPS) is 15.2. The fourth-order valence-corrected chi connectivity index (χ4v) is 3.46. The molecular formula is C25H38N4O7. The largest absolute Gasteiger partial charge is 0.481 e. The fraction of sp³-hybridized carbons (Fsp3) is 0.560. The first-order valence-electron chi connectivity index (χ1n) is 12.0. The van der Waals surface area contributed by atoms with E-state index in [1.54, 1.807) is 51.1 Å². The number of nitrogens with one attached hydrogen (secondary N) is 3. The van der Waals surface area contributed by atoms with E-state index < -0.39 is 53.8 Å². The van der Waals surface area contributed by atoms with Crippen LogP contribution in [0.25, 0.3) is 0 Å². The van der Waals surface area contributed by atoms with E-state index >= 15 is 0 Å². The molecule has 0 saturated heterocycles. The number of carboxylic acid groups (broad SMARTS) is 2. The summed E-state index contributed by atoms with van der Waals surface area (Å²) in [5, 5.41) is 26.1. The summed E-state index contributed by atoms with van der Waals surface area (Å²) in [7, 11) is 0. The lowest BCUT2D eigenvalue weighted by Crippen LogP contribution is -2.59. The number of carbonyl (C=O) groups is 5. The third kappa shape index (κ3) is 10.0. The molecule has 1 aromatic carbocycles. The van der Waals surface area contributed by atoms with Gasteiger partial charge in [-0.05, 0) is 23.8 Å². The van der Waals surface area contributed by atoms with E-state index in [0.29, 0.717) is 6.42 Å². The van der Waals surface area contributed by atoms with Crippen LogP contribution < -0.4 is 21.7 Å². The summed E-state index contributed by atoms with van der Waals surface area (Å²) in [6.45, 7) is 6.92. The van der Waals surface area contributed by atoms with E-state index in [1.165, 1.54) is 0 Å². The van der Waals surface area contributed by atoms with Crippen LogP contribution in [-0.4, -0.2) is 64.0 Å². The molecular weight excluding hydrogens is 468 g/mol. The van der Waals surface area contributed by atoms with E-state index in [1.807, 2.05) is 6.92 Å². The second-order valence-electron chi connectivity index (χ2n) is 9.23. The zero-order valence-corrected chi connectivity index (χ0v) is 21.2. The van der Waals surface area contributed by atoms with Crippen molar-refractivity contribution in [3.63, 3.8) is 0 Å². The summed E-state index contributed by atoms with van der Waals surface area (Å²) in [6.07, 6.45) is 0.227. The Kier molecular flexibility index (Phi) is 12.6. The number of aliphatic carboxylic acids is 2. The molecule has 36 heavy (non-hydrogen) atoms. The molecule has 0 bridgehead atoms. The molecule has 0 fully saturated rings. The lowest BCUT2D eigenvalue weighted by atomic mass is 9.97. The maximum absolute atomic E-state index is 13.2. The summed E-state index contributed by atoms with van der Waals surface area (Å²) in [4.78, 5) is 61.2. The van der Waals surface area contributed by atoms with Crippen molar-refractivity contribution < 1.29 is 34.2 Å². The summed E-state index contributed by atoms with van der Waals surface area (Å²) < 4.78 is 0. The van der Waals surface area contributed by atoms with Gasteiger partial charge in [-0.25, -0.2) is 4.79 Å². The van der Waals surface area contributed by atoms with Gasteiger partial charge in [0.2, 0.25) is 17.7 Å². The summed E-state index contributed by atoms with van der Waals surface area (Å²) in [5.41, 5.74) is 6.51. The number of hydrogen-bond donors (Lipinski definition) is 6. The number of hydrogen-bond acceptors (Lipinski definition) is 6. The van der Waals surface area contributed by atoms with Crippen LogP contribution >= 0.6 is 0 Å². The Hall–Kier alpha value is -3.47. The average molecular weight is 507 g/mol. The first kappa shape index (κ1) is 30.6. The number of nitrogens with two attached hydrogens (primary N) is 1. The van der Waals surface area contributed by atoms with Crippen LogP contribution in [0.15, 0.2) is 30.3 Å². The van der Waals surface area contributed by atoms with E-state index in [9.17, 15) is 29.1 Å². The Labute approximate surface area is 211 Å². The van der Waals surface area contributed by atoms with Crippen LogP contribution in [0.4, 0.5) is 0 Å². The minimum atomic E-state index is -1.18. The zero-order valence-electron chi connectivity index (χ0n) is 21.2. The van der Waals surface area contributed by atoms with E-state index in [4.69, 9.17) is 10.8 Å². The molecule has 1 rings (SSSR count). The fourth-order valence-electron chi connectivity index (χ4n) is 3.46. The molecule has 0 aromatic heterocycles. The maximum atomic E-state index is 13.2. The van der Waals surface area contributed by atoms with E-state index in [-0.39, 0.29) is 31.1 Å². The van der Waals surface area contributed by atoms with Crippen molar-refractivity contribution >= 4 is 29.7 Å². The van der Waals surface area contributed by atoms with Crippen LogP contribution in [-0.2, 0) is 30.4 Å². The first-order chi connectivity index (χ1) is 16.9. The Morgan fingerprint density at radius 2 is 1.44 bits per heavy atom. The van der Waals surface area contributed by atoms with Gasteiger partial charge in [0.05, 0.1) is 6.04 Å². The van der Waals surface area contributed by atoms with Crippen LogP contribution in [0.5, 0.6) is 0 Å². The Bertz CT molecular complexity index is 907. The number of carboxylic acids is 2. The average Bonchev–Trinajstić information content (AvgIpc) is 2.83. The minimum Gasteiger partial charge on any atom is -0.481 e.